The number of methoxy groups -OCH3 is 1. The summed E-state index contributed by atoms with van der Waals surface area (Å²) in [5.41, 5.74) is 3.66. The molecule has 1 amide bonds. The first kappa shape index (κ1) is 28.0. The maximum Gasteiger partial charge on any atom is 0.244 e. The van der Waals surface area contributed by atoms with Crippen molar-refractivity contribution in [3.63, 3.8) is 0 Å². The fraction of sp³-hybridized carbons (Fsp3) is 0.400. The molecule has 4 aliphatic heterocycles. The Kier molecular flexibility index (Phi) is 6.59. The van der Waals surface area contributed by atoms with Crippen LogP contribution in [0.15, 0.2) is 42.5 Å². The molecule has 0 radical (unpaired) electrons. The number of nitrogens with one attached hydrogen (secondary N) is 2. The number of fused-ring (bicyclic) bond motifs is 5. The Balaban J connectivity index is 1.41. The smallest absolute Gasteiger partial charge is 0.244 e. The fourth-order valence-corrected chi connectivity index (χ4v) is 7.86. The average molecular weight is 606 g/mol. The molecule has 3 atom stereocenters. The molecule has 0 spiro atoms. The highest BCUT2D eigenvalue weighted by Gasteiger charge is 2.52. The Morgan fingerprint density at radius 3 is 2.71 bits per heavy atom. The first-order valence-electron chi connectivity index (χ1n) is 15.7. The topological polar surface area (TPSA) is 96.8 Å². The number of pyridine rings is 1. The lowest BCUT2D eigenvalue weighted by Gasteiger charge is -2.48. The Bertz CT molecular complexity index is 1900. The summed E-state index contributed by atoms with van der Waals surface area (Å²) in [6, 6.07) is 16.8. The van der Waals surface area contributed by atoms with Gasteiger partial charge in [-0.05, 0) is 73.0 Å². The van der Waals surface area contributed by atoms with Crippen LogP contribution in [0.4, 0.5) is 21.6 Å². The van der Waals surface area contributed by atoms with E-state index in [2.05, 4.69) is 45.5 Å². The van der Waals surface area contributed by atoms with Crippen molar-refractivity contribution >= 4 is 44.8 Å². The molecule has 230 valence electrons. The molecule has 2 bridgehead atoms. The van der Waals surface area contributed by atoms with Gasteiger partial charge in [0.05, 0.1) is 25.4 Å². The summed E-state index contributed by atoms with van der Waals surface area (Å²) in [5.74, 6) is 1.18. The minimum absolute atomic E-state index is 0.0782. The third-order valence-electron chi connectivity index (χ3n) is 10.3. The van der Waals surface area contributed by atoms with Crippen LogP contribution in [0.25, 0.3) is 32.8 Å². The summed E-state index contributed by atoms with van der Waals surface area (Å²) in [5, 5.41) is 18.9. The number of halogens is 1. The van der Waals surface area contributed by atoms with Crippen LogP contribution in [0.3, 0.4) is 0 Å². The summed E-state index contributed by atoms with van der Waals surface area (Å²) in [6.07, 6.45) is 1.70. The van der Waals surface area contributed by atoms with Gasteiger partial charge in [0.15, 0.2) is 11.6 Å². The van der Waals surface area contributed by atoms with Crippen LogP contribution in [-0.4, -0.2) is 81.3 Å². The molecule has 1 aromatic heterocycles. The van der Waals surface area contributed by atoms with Crippen LogP contribution >= 0.6 is 0 Å². The minimum Gasteiger partial charge on any atom is -0.497 e. The molecular formula is C35H36FN7O2. The SMILES string of the molecule is COc1cc(-c2c(CCC#N)cc3c4c(c(N5CC(N(C)C)C5)nc3c2F)NC(=O)CN4C2C3CNC2C3)c2ccccc2c1. The molecule has 5 aliphatic rings. The molecule has 2 N–H and O–H groups in total. The second-order valence-corrected chi connectivity index (χ2v) is 13.0. The van der Waals surface area contributed by atoms with Crippen molar-refractivity contribution in [3.8, 4) is 22.9 Å². The molecule has 1 saturated carbocycles. The number of hydrogen-bond acceptors (Lipinski definition) is 8. The summed E-state index contributed by atoms with van der Waals surface area (Å²) >= 11 is 0. The van der Waals surface area contributed by atoms with Crippen molar-refractivity contribution in [1.29, 1.82) is 5.26 Å². The lowest BCUT2D eigenvalue weighted by atomic mass is 9.78. The third-order valence-corrected chi connectivity index (χ3v) is 10.3. The zero-order valence-corrected chi connectivity index (χ0v) is 25.7. The predicted octanol–water partition coefficient (Wildman–Crippen LogP) is 4.53. The van der Waals surface area contributed by atoms with Crippen molar-refractivity contribution in [2.24, 2.45) is 5.92 Å². The number of benzene rings is 3. The van der Waals surface area contributed by atoms with Gasteiger partial charge in [0.1, 0.15) is 17.0 Å². The lowest BCUT2D eigenvalue weighted by molar-refractivity contribution is -0.115. The maximum atomic E-state index is 17.5. The molecular weight excluding hydrogens is 569 g/mol. The van der Waals surface area contributed by atoms with Crippen LogP contribution in [0.2, 0.25) is 0 Å². The zero-order valence-electron chi connectivity index (χ0n) is 25.7. The van der Waals surface area contributed by atoms with Crippen molar-refractivity contribution in [3.05, 3.63) is 53.8 Å². The molecule has 4 aromatic rings. The van der Waals surface area contributed by atoms with E-state index in [9.17, 15) is 10.1 Å². The van der Waals surface area contributed by atoms with E-state index in [1.54, 1.807) is 7.11 Å². The number of hydrogen-bond donors (Lipinski definition) is 2. The van der Waals surface area contributed by atoms with E-state index in [0.717, 1.165) is 48.1 Å². The van der Waals surface area contributed by atoms with Crippen molar-refractivity contribution < 1.29 is 13.9 Å². The van der Waals surface area contributed by atoms with Crippen LogP contribution < -0.4 is 25.2 Å². The first-order valence-corrected chi connectivity index (χ1v) is 15.7. The molecule has 4 fully saturated rings. The molecule has 3 unspecified atom stereocenters. The molecule has 9 rings (SSSR count). The normalized spacial score (nSPS) is 22.3. The van der Waals surface area contributed by atoms with Gasteiger partial charge in [-0.1, -0.05) is 24.3 Å². The van der Waals surface area contributed by atoms with Gasteiger partial charge in [0.25, 0.3) is 0 Å². The number of nitrogens with zero attached hydrogens (tertiary/aromatic N) is 5. The quantitative estimate of drug-likeness (QED) is 0.317. The minimum atomic E-state index is -0.417. The van der Waals surface area contributed by atoms with Gasteiger partial charge in [-0.3, -0.25) is 4.79 Å². The van der Waals surface area contributed by atoms with E-state index in [0.29, 0.717) is 58.2 Å². The summed E-state index contributed by atoms with van der Waals surface area (Å²) in [7, 11) is 5.73. The molecule has 10 heteroatoms. The first-order chi connectivity index (χ1) is 21.9. The number of aromatic nitrogens is 1. The number of carbonyl (C=O) groups excluding carboxylic acids is 1. The number of aryl methyl sites for hydroxylation is 1. The Hall–Kier alpha value is -4.46. The van der Waals surface area contributed by atoms with Gasteiger partial charge in [-0.25, -0.2) is 9.37 Å². The molecule has 1 aliphatic carbocycles. The predicted molar refractivity (Wildman–Crippen MR) is 174 cm³/mol. The zero-order chi connectivity index (χ0) is 31.0. The highest BCUT2D eigenvalue weighted by Crippen LogP contribution is 2.51. The van der Waals surface area contributed by atoms with Crippen LogP contribution in [0.5, 0.6) is 5.75 Å². The van der Waals surface area contributed by atoms with E-state index >= 15 is 4.39 Å². The van der Waals surface area contributed by atoms with Crippen molar-refractivity contribution in [2.75, 3.05) is 62.5 Å². The number of amides is 1. The summed E-state index contributed by atoms with van der Waals surface area (Å²) < 4.78 is 23.1. The third kappa shape index (κ3) is 4.32. The Labute approximate surface area is 261 Å². The lowest BCUT2D eigenvalue weighted by Crippen LogP contribution is -2.59. The van der Waals surface area contributed by atoms with E-state index in [1.807, 2.05) is 42.5 Å². The second kappa shape index (κ2) is 10.6. The van der Waals surface area contributed by atoms with E-state index in [-0.39, 0.29) is 30.4 Å². The monoisotopic (exact) mass is 605 g/mol. The molecule has 5 heterocycles. The van der Waals surface area contributed by atoms with E-state index in [1.165, 1.54) is 0 Å². The number of likely N-dealkylation sites (N-methyl/N-ethyl adjacent to an activating group) is 1. The Morgan fingerprint density at radius 1 is 1.18 bits per heavy atom. The standard InChI is InChI=1S/C35H36FN7O2/c1-41(2)22-16-42(17-22)35-32-34(43(18-28(44)39-32)33-21-13-27(33)38-15-21)26-12-20(8-6-10-37)29(30(36)31(26)40-35)25-14-23(45-3)11-19-7-4-5-9-24(19)25/h4-5,7,9,11-12,14,21-22,27,33,38H,6,8,13,15-18H2,1-3H3,(H,39,44). The second-order valence-electron chi connectivity index (χ2n) is 13.0. The van der Waals surface area contributed by atoms with Crippen molar-refractivity contribution in [1.82, 2.24) is 15.2 Å². The fourth-order valence-electron chi connectivity index (χ4n) is 7.86. The summed E-state index contributed by atoms with van der Waals surface area (Å²) in [4.78, 5) is 24.8. The van der Waals surface area contributed by atoms with Gasteiger partial charge in [0.2, 0.25) is 5.91 Å². The highest BCUT2D eigenvalue weighted by molar-refractivity contribution is 6.14. The molecule has 3 aromatic carbocycles. The average Bonchev–Trinajstić information content (AvgIpc) is 3.65. The van der Waals surface area contributed by atoms with Crippen molar-refractivity contribution in [2.45, 2.75) is 37.4 Å². The van der Waals surface area contributed by atoms with Gasteiger partial charge in [-0.2, -0.15) is 5.26 Å². The van der Waals surface area contributed by atoms with Crippen LogP contribution in [0.1, 0.15) is 18.4 Å². The van der Waals surface area contributed by atoms with Gasteiger partial charge in [0, 0.05) is 55.1 Å². The van der Waals surface area contributed by atoms with E-state index < -0.39 is 5.82 Å². The number of rotatable bonds is 7. The number of nitriles is 1. The molecule has 45 heavy (non-hydrogen) atoms. The Morgan fingerprint density at radius 2 is 2.00 bits per heavy atom. The van der Waals surface area contributed by atoms with Crippen LogP contribution in [0, 0.1) is 23.1 Å². The number of carbonyl (C=O) groups is 1. The summed E-state index contributed by atoms with van der Waals surface area (Å²) in [6.45, 7) is 2.60. The maximum absolute atomic E-state index is 17.5. The van der Waals surface area contributed by atoms with Gasteiger partial charge < -0.3 is 30.1 Å². The highest BCUT2D eigenvalue weighted by atomic mass is 19.1. The molecule has 3 saturated heterocycles. The number of ether oxygens (including phenoxy) is 1. The largest absolute Gasteiger partial charge is 0.497 e. The number of anilines is 3. The van der Waals surface area contributed by atoms with E-state index in [4.69, 9.17) is 9.72 Å². The van der Waals surface area contributed by atoms with Crippen LogP contribution in [-0.2, 0) is 11.2 Å². The van der Waals surface area contributed by atoms with Gasteiger partial charge in [-0.15, -0.1) is 0 Å². The molecule has 9 nitrogen and oxygen atoms in total. The van der Waals surface area contributed by atoms with Gasteiger partial charge >= 0.3 is 0 Å².